The molecular formula is C67H45NO. The quantitative estimate of drug-likeness (QED) is 0.132. The third kappa shape index (κ3) is 7.40. The number of fused-ring (bicyclic) bond motifs is 6. The van der Waals surface area contributed by atoms with Crippen LogP contribution in [0.15, 0.2) is 271 Å². The van der Waals surface area contributed by atoms with E-state index >= 15 is 0 Å². The van der Waals surface area contributed by atoms with E-state index in [0.717, 1.165) is 27.5 Å². The van der Waals surface area contributed by atoms with Crippen LogP contribution in [0.25, 0.3) is 105 Å². The van der Waals surface area contributed by atoms with Gasteiger partial charge < -0.3 is 8.98 Å². The lowest BCUT2D eigenvalue weighted by atomic mass is 9.83. The average molecular weight is 880 g/mol. The summed E-state index contributed by atoms with van der Waals surface area (Å²) in [6.07, 6.45) is 0. The Bertz CT molecular complexity index is 3940. The largest absolute Gasteiger partial charge is 0.456 e. The van der Waals surface area contributed by atoms with Gasteiger partial charge in [0.15, 0.2) is 0 Å². The van der Waals surface area contributed by atoms with Crippen molar-refractivity contribution in [1.29, 1.82) is 0 Å². The molecule has 13 aromatic rings. The Morgan fingerprint density at radius 3 is 1.07 bits per heavy atom. The summed E-state index contributed by atoms with van der Waals surface area (Å²) in [5, 5.41) is 4.76. The molecule has 0 amide bonds. The average Bonchev–Trinajstić information content (AvgIpc) is 3.97. The molecule has 1 unspecified atom stereocenters. The van der Waals surface area contributed by atoms with Gasteiger partial charge in [-0.25, -0.2) is 0 Å². The van der Waals surface area contributed by atoms with E-state index in [4.69, 9.17) is 4.42 Å². The lowest BCUT2D eigenvalue weighted by Gasteiger charge is -2.20. The van der Waals surface area contributed by atoms with Crippen molar-refractivity contribution in [2.45, 2.75) is 5.92 Å². The Kier molecular flexibility index (Phi) is 9.95. The van der Waals surface area contributed by atoms with Crippen LogP contribution < -0.4 is 0 Å². The van der Waals surface area contributed by atoms with E-state index in [2.05, 4.69) is 271 Å². The summed E-state index contributed by atoms with van der Waals surface area (Å²) in [6.45, 7) is 0. The third-order valence-electron chi connectivity index (χ3n) is 14.0. The second-order valence-electron chi connectivity index (χ2n) is 18.1. The molecule has 0 bridgehead atoms. The molecule has 2 heterocycles. The number of rotatable bonds is 9. The lowest BCUT2D eigenvalue weighted by molar-refractivity contribution is 0.669. The van der Waals surface area contributed by atoms with Crippen LogP contribution in [0.2, 0.25) is 0 Å². The van der Waals surface area contributed by atoms with Crippen LogP contribution >= 0.6 is 0 Å². The van der Waals surface area contributed by atoms with E-state index in [1.54, 1.807) is 0 Å². The molecule has 0 N–H and O–H groups in total. The first kappa shape index (κ1) is 40.3. The molecule has 324 valence electrons. The van der Waals surface area contributed by atoms with Crippen LogP contribution in [0.5, 0.6) is 0 Å². The van der Waals surface area contributed by atoms with Gasteiger partial charge in [-0.3, -0.25) is 0 Å². The Hall–Kier alpha value is -8.98. The van der Waals surface area contributed by atoms with Crippen LogP contribution in [0.4, 0.5) is 0 Å². The minimum atomic E-state index is 0.0191. The van der Waals surface area contributed by atoms with E-state index in [1.807, 2.05) is 0 Å². The predicted molar refractivity (Wildman–Crippen MR) is 289 cm³/mol. The van der Waals surface area contributed by atoms with Gasteiger partial charge in [-0.2, -0.15) is 0 Å². The Labute approximate surface area is 401 Å². The fourth-order valence-corrected chi connectivity index (χ4v) is 10.4. The predicted octanol–water partition coefficient (Wildman–Crippen LogP) is 18.2. The summed E-state index contributed by atoms with van der Waals surface area (Å²) >= 11 is 0. The first-order valence-electron chi connectivity index (χ1n) is 23.8. The van der Waals surface area contributed by atoms with Crippen molar-refractivity contribution in [3.63, 3.8) is 0 Å². The molecule has 2 aromatic heterocycles. The Balaban J connectivity index is 0.857. The first-order chi connectivity index (χ1) is 34.2. The number of hydrogen-bond donors (Lipinski definition) is 0. The molecule has 0 aliphatic heterocycles. The molecule has 0 saturated carbocycles. The summed E-state index contributed by atoms with van der Waals surface area (Å²) in [5.74, 6) is 0.0191. The molecule has 0 radical (unpaired) electrons. The molecule has 2 heteroatoms. The zero-order valence-electron chi connectivity index (χ0n) is 37.8. The van der Waals surface area contributed by atoms with Gasteiger partial charge in [0.2, 0.25) is 0 Å². The summed E-state index contributed by atoms with van der Waals surface area (Å²) < 4.78 is 8.70. The van der Waals surface area contributed by atoms with Gasteiger partial charge in [-0.1, -0.05) is 212 Å². The molecule has 11 aromatic carbocycles. The highest BCUT2D eigenvalue weighted by Gasteiger charge is 2.19. The van der Waals surface area contributed by atoms with Crippen molar-refractivity contribution < 1.29 is 4.42 Å². The summed E-state index contributed by atoms with van der Waals surface area (Å²) in [7, 11) is 0. The van der Waals surface area contributed by atoms with E-state index in [-0.39, 0.29) is 5.92 Å². The Morgan fingerprint density at radius 2 is 0.580 bits per heavy atom. The van der Waals surface area contributed by atoms with E-state index in [1.165, 1.54) is 94.3 Å². The standard InChI is InChI=1S/C67H45NO/c1-4-12-45(13-5-1)47-20-22-48(23-21-47)49-24-30-52(31-25-49)67(53-32-26-50(27-33-53)55-36-39-64-60(42-55)59-18-10-11-19-63(59)68(64)58-16-8-3-9-17-58)54-34-28-51(29-35-54)57-38-41-66-62(44-57)61-43-56(37-40-65(61)69-66)46-14-6-2-7-15-46/h1-44,67H. The molecule has 13 rings (SSSR count). The van der Waals surface area contributed by atoms with Gasteiger partial charge in [-0.15, -0.1) is 0 Å². The van der Waals surface area contributed by atoms with E-state index in [0.29, 0.717) is 0 Å². The van der Waals surface area contributed by atoms with E-state index in [9.17, 15) is 0 Å². The normalized spacial score (nSPS) is 12.0. The van der Waals surface area contributed by atoms with Gasteiger partial charge in [-0.05, 0) is 127 Å². The zero-order valence-corrected chi connectivity index (χ0v) is 37.8. The van der Waals surface area contributed by atoms with Crippen LogP contribution in [-0.4, -0.2) is 4.57 Å². The maximum atomic E-state index is 6.33. The highest BCUT2D eigenvalue weighted by atomic mass is 16.3. The second-order valence-corrected chi connectivity index (χ2v) is 18.1. The number of hydrogen-bond acceptors (Lipinski definition) is 1. The van der Waals surface area contributed by atoms with Gasteiger partial charge in [0.05, 0.1) is 11.0 Å². The number of para-hydroxylation sites is 2. The molecule has 1 atom stereocenters. The lowest BCUT2D eigenvalue weighted by Crippen LogP contribution is -2.03. The van der Waals surface area contributed by atoms with Gasteiger partial charge in [0.25, 0.3) is 0 Å². The highest BCUT2D eigenvalue weighted by Crippen LogP contribution is 2.40. The minimum Gasteiger partial charge on any atom is -0.456 e. The van der Waals surface area contributed by atoms with Gasteiger partial charge in [0, 0.05) is 33.2 Å². The van der Waals surface area contributed by atoms with Crippen LogP contribution in [0.1, 0.15) is 22.6 Å². The molecule has 69 heavy (non-hydrogen) atoms. The monoisotopic (exact) mass is 879 g/mol. The zero-order chi connectivity index (χ0) is 45.7. The molecule has 2 nitrogen and oxygen atoms in total. The summed E-state index contributed by atoms with van der Waals surface area (Å²) in [6, 6.07) is 97.0. The first-order valence-corrected chi connectivity index (χ1v) is 23.8. The molecule has 0 aliphatic rings. The summed E-state index contributed by atoms with van der Waals surface area (Å²) in [4.78, 5) is 0. The minimum absolute atomic E-state index is 0.0191. The van der Waals surface area contributed by atoms with E-state index < -0.39 is 0 Å². The fraction of sp³-hybridized carbons (Fsp3) is 0.0149. The van der Waals surface area contributed by atoms with Crippen molar-refractivity contribution in [3.8, 4) is 61.3 Å². The molecule has 0 fully saturated rings. The fourth-order valence-electron chi connectivity index (χ4n) is 10.4. The van der Waals surface area contributed by atoms with Crippen molar-refractivity contribution in [1.82, 2.24) is 4.57 Å². The smallest absolute Gasteiger partial charge is 0.135 e. The van der Waals surface area contributed by atoms with Gasteiger partial charge in [0.1, 0.15) is 11.2 Å². The number of benzene rings is 11. The van der Waals surface area contributed by atoms with Crippen molar-refractivity contribution in [2.75, 3.05) is 0 Å². The van der Waals surface area contributed by atoms with Crippen molar-refractivity contribution in [3.05, 3.63) is 284 Å². The van der Waals surface area contributed by atoms with Crippen molar-refractivity contribution >= 4 is 43.7 Å². The SMILES string of the molecule is c1ccc(-c2ccc(-c3ccc(C(c4ccc(-c5ccc6oc7ccc(-c8ccccc8)cc7c6c5)cc4)c4ccc(-c5ccc6c(c5)c5ccccc5n6-c5ccccc5)cc4)cc3)cc2)cc1. The third-order valence-corrected chi connectivity index (χ3v) is 14.0. The number of nitrogens with zero attached hydrogens (tertiary/aromatic N) is 1. The number of aromatic nitrogens is 1. The maximum Gasteiger partial charge on any atom is 0.135 e. The van der Waals surface area contributed by atoms with Crippen LogP contribution in [0.3, 0.4) is 0 Å². The topological polar surface area (TPSA) is 18.1 Å². The molecular weight excluding hydrogens is 835 g/mol. The van der Waals surface area contributed by atoms with Crippen molar-refractivity contribution in [2.24, 2.45) is 0 Å². The summed E-state index contributed by atoms with van der Waals surface area (Å²) in [5.41, 5.74) is 21.1. The molecule has 0 aliphatic carbocycles. The van der Waals surface area contributed by atoms with Gasteiger partial charge >= 0.3 is 0 Å². The maximum absolute atomic E-state index is 6.33. The van der Waals surface area contributed by atoms with Crippen LogP contribution in [-0.2, 0) is 0 Å². The second kappa shape index (κ2) is 17.0. The Morgan fingerprint density at radius 1 is 0.246 bits per heavy atom. The number of furan rings is 1. The molecule has 0 spiro atoms. The molecule has 0 saturated heterocycles. The highest BCUT2D eigenvalue weighted by molar-refractivity contribution is 6.11. The van der Waals surface area contributed by atoms with Crippen LogP contribution in [0, 0.1) is 0 Å².